The predicted molar refractivity (Wildman–Crippen MR) is 80.7 cm³/mol. The minimum absolute atomic E-state index is 0.738. The second kappa shape index (κ2) is 5.65. The van der Waals surface area contributed by atoms with Gasteiger partial charge >= 0.3 is 0 Å². The Hall–Kier alpha value is -1.84. The molecule has 0 aliphatic rings. The summed E-state index contributed by atoms with van der Waals surface area (Å²) in [4.78, 5) is 4.43. The minimum Gasteiger partial charge on any atom is -0.469 e. The lowest BCUT2D eigenvalue weighted by molar-refractivity contribution is 0.526. The molecule has 0 atom stereocenters. The normalized spacial score (nSPS) is 11.1. The van der Waals surface area contributed by atoms with E-state index in [2.05, 4.69) is 10.3 Å². The van der Waals surface area contributed by atoms with E-state index in [4.69, 9.17) is 16.0 Å². The van der Waals surface area contributed by atoms with Gasteiger partial charge in [0.05, 0.1) is 11.8 Å². The first kappa shape index (κ1) is 13.2. The number of aromatic nitrogens is 1. The Kier molecular flexibility index (Phi) is 3.72. The number of fused-ring (bicyclic) bond motifs is 1. The molecule has 0 radical (unpaired) electrons. The molecule has 0 aliphatic heterocycles. The third-order valence-electron chi connectivity index (χ3n) is 3.40. The topological polar surface area (TPSA) is 38.1 Å². The fourth-order valence-corrected chi connectivity index (χ4v) is 2.48. The van der Waals surface area contributed by atoms with Crippen LogP contribution in [0.15, 0.2) is 47.2 Å². The quantitative estimate of drug-likeness (QED) is 0.785. The molecule has 20 heavy (non-hydrogen) atoms. The van der Waals surface area contributed by atoms with Gasteiger partial charge in [-0.1, -0.05) is 17.7 Å². The molecule has 1 N–H and O–H groups in total. The lowest BCUT2D eigenvalue weighted by Crippen LogP contribution is -2.13. The van der Waals surface area contributed by atoms with Crippen molar-refractivity contribution in [1.29, 1.82) is 0 Å². The van der Waals surface area contributed by atoms with Crippen molar-refractivity contribution >= 4 is 22.5 Å². The fourth-order valence-electron chi connectivity index (χ4n) is 2.27. The highest BCUT2D eigenvalue weighted by Crippen LogP contribution is 2.24. The monoisotopic (exact) mass is 286 g/mol. The van der Waals surface area contributed by atoms with Gasteiger partial charge in [0, 0.05) is 35.3 Å². The summed E-state index contributed by atoms with van der Waals surface area (Å²) in [5.41, 5.74) is 3.28. The lowest BCUT2D eigenvalue weighted by Gasteiger charge is -2.08. The number of hydrogen-bond donors (Lipinski definition) is 1. The van der Waals surface area contributed by atoms with E-state index in [1.807, 2.05) is 37.3 Å². The molecule has 102 valence electrons. The van der Waals surface area contributed by atoms with Gasteiger partial charge in [0.15, 0.2) is 0 Å². The van der Waals surface area contributed by atoms with Crippen molar-refractivity contribution in [2.24, 2.45) is 0 Å². The minimum atomic E-state index is 0.738. The third-order valence-corrected chi connectivity index (χ3v) is 3.73. The average Bonchev–Trinajstić information content (AvgIpc) is 2.87. The van der Waals surface area contributed by atoms with E-state index >= 15 is 0 Å². The highest BCUT2D eigenvalue weighted by molar-refractivity contribution is 6.35. The van der Waals surface area contributed by atoms with E-state index in [-0.39, 0.29) is 0 Å². The Morgan fingerprint density at radius 3 is 2.80 bits per heavy atom. The van der Waals surface area contributed by atoms with Gasteiger partial charge in [0.25, 0.3) is 0 Å². The number of aryl methyl sites for hydroxylation is 1. The number of nitrogens with one attached hydrogen (secondary N) is 1. The van der Waals surface area contributed by atoms with Gasteiger partial charge in [-0.25, -0.2) is 0 Å². The van der Waals surface area contributed by atoms with Crippen LogP contribution in [-0.4, -0.2) is 4.98 Å². The van der Waals surface area contributed by atoms with Crippen molar-refractivity contribution in [3.8, 4) is 0 Å². The van der Waals surface area contributed by atoms with Gasteiger partial charge < -0.3 is 9.73 Å². The smallest absolute Gasteiger partial charge is 0.105 e. The van der Waals surface area contributed by atoms with Gasteiger partial charge in [-0.3, -0.25) is 4.98 Å². The number of rotatable bonds is 4. The van der Waals surface area contributed by atoms with Crippen LogP contribution in [0.5, 0.6) is 0 Å². The molecular weight excluding hydrogens is 272 g/mol. The first-order valence-electron chi connectivity index (χ1n) is 6.51. The molecule has 3 aromatic rings. The Labute approximate surface area is 122 Å². The molecule has 2 aromatic heterocycles. The average molecular weight is 287 g/mol. The van der Waals surface area contributed by atoms with Gasteiger partial charge in [0.1, 0.15) is 5.76 Å². The highest BCUT2D eigenvalue weighted by atomic mass is 35.5. The maximum Gasteiger partial charge on any atom is 0.105 e. The van der Waals surface area contributed by atoms with Crippen LogP contribution in [0.2, 0.25) is 5.02 Å². The number of benzene rings is 1. The second-order valence-electron chi connectivity index (χ2n) is 4.71. The van der Waals surface area contributed by atoms with E-state index < -0.39 is 0 Å². The lowest BCUT2D eigenvalue weighted by atomic mass is 10.1. The van der Waals surface area contributed by atoms with Crippen LogP contribution >= 0.6 is 11.6 Å². The molecule has 0 saturated heterocycles. The molecule has 0 unspecified atom stereocenters. The van der Waals surface area contributed by atoms with Gasteiger partial charge in [-0.15, -0.1) is 0 Å². The number of hydrogen-bond acceptors (Lipinski definition) is 3. The van der Waals surface area contributed by atoms with Crippen LogP contribution in [-0.2, 0) is 13.1 Å². The number of halogens is 1. The molecule has 0 fully saturated rings. The zero-order chi connectivity index (χ0) is 13.9. The fraction of sp³-hybridized carbons (Fsp3) is 0.188. The third kappa shape index (κ3) is 2.55. The van der Waals surface area contributed by atoms with Crippen molar-refractivity contribution < 1.29 is 4.42 Å². The van der Waals surface area contributed by atoms with Gasteiger partial charge in [-0.2, -0.15) is 0 Å². The van der Waals surface area contributed by atoms with E-state index in [9.17, 15) is 0 Å². The SMILES string of the molecule is Cc1occc1CNCc1ccc(Cl)c2cccnc12. The first-order valence-corrected chi connectivity index (χ1v) is 6.89. The summed E-state index contributed by atoms with van der Waals surface area (Å²) < 4.78 is 5.28. The van der Waals surface area contributed by atoms with E-state index in [1.165, 1.54) is 5.56 Å². The zero-order valence-corrected chi connectivity index (χ0v) is 11.9. The molecule has 0 bridgehead atoms. The van der Waals surface area contributed by atoms with Crippen LogP contribution in [0.4, 0.5) is 0 Å². The van der Waals surface area contributed by atoms with E-state index in [0.29, 0.717) is 0 Å². The molecule has 0 spiro atoms. The largest absolute Gasteiger partial charge is 0.469 e. The standard InChI is InChI=1S/C16H15ClN2O/c1-11-12(6-8-20-11)9-18-10-13-4-5-15(17)14-3-2-7-19-16(13)14/h2-8,18H,9-10H2,1H3. The Morgan fingerprint density at radius 2 is 2.00 bits per heavy atom. The molecule has 1 aromatic carbocycles. The molecule has 3 nitrogen and oxygen atoms in total. The van der Waals surface area contributed by atoms with Crippen molar-refractivity contribution in [3.05, 3.63) is 64.7 Å². The van der Waals surface area contributed by atoms with Gasteiger partial charge in [0.2, 0.25) is 0 Å². The number of furan rings is 1. The first-order chi connectivity index (χ1) is 9.75. The molecule has 0 aliphatic carbocycles. The highest BCUT2D eigenvalue weighted by Gasteiger charge is 2.06. The zero-order valence-electron chi connectivity index (χ0n) is 11.2. The summed E-state index contributed by atoms with van der Waals surface area (Å²) in [5.74, 6) is 0.955. The molecule has 0 amide bonds. The summed E-state index contributed by atoms with van der Waals surface area (Å²) in [6, 6.07) is 9.83. The van der Waals surface area contributed by atoms with Crippen LogP contribution in [0.1, 0.15) is 16.9 Å². The molecular formula is C16H15ClN2O. The van der Waals surface area contributed by atoms with Crippen LogP contribution in [0.3, 0.4) is 0 Å². The van der Waals surface area contributed by atoms with Crippen molar-refractivity contribution in [3.63, 3.8) is 0 Å². The van der Waals surface area contributed by atoms with E-state index in [0.717, 1.165) is 40.3 Å². The Balaban J connectivity index is 1.78. The predicted octanol–water partition coefficient (Wildman–Crippen LogP) is 4.08. The molecule has 4 heteroatoms. The van der Waals surface area contributed by atoms with E-state index in [1.54, 1.807) is 12.5 Å². The number of nitrogens with zero attached hydrogens (tertiary/aromatic N) is 1. The second-order valence-corrected chi connectivity index (χ2v) is 5.12. The summed E-state index contributed by atoms with van der Waals surface area (Å²) >= 11 is 6.19. The Bertz CT molecular complexity index is 736. The molecule has 0 saturated carbocycles. The van der Waals surface area contributed by atoms with Crippen molar-refractivity contribution in [2.45, 2.75) is 20.0 Å². The molecule has 3 rings (SSSR count). The Morgan fingerprint density at radius 1 is 1.15 bits per heavy atom. The summed E-state index contributed by atoms with van der Waals surface area (Å²) in [5, 5.41) is 5.15. The van der Waals surface area contributed by atoms with Crippen LogP contribution in [0.25, 0.3) is 10.9 Å². The number of pyridine rings is 1. The van der Waals surface area contributed by atoms with Crippen LogP contribution < -0.4 is 5.32 Å². The maximum atomic E-state index is 6.19. The molecule has 2 heterocycles. The van der Waals surface area contributed by atoms with Crippen molar-refractivity contribution in [2.75, 3.05) is 0 Å². The van der Waals surface area contributed by atoms with Crippen LogP contribution in [0, 0.1) is 6.92 Å². The van der Waals surface area contributed by atoms with Crippen molar-refractivity contribution in [1.82, 2.24) is 10.3 Å². The van der Waals surface area contributed by atoms with Gasteiger partial charge in [-0.05, 0) is 36.8 Å². The summed E-state index contributed by atoms with van der Waals surface area (Å²) in [6.07, 6.45) is 3.51. The maximum absolute atomic E-state index is 6.19. The summed E-state index contributed by atoms with van der Waals surface area (Å²) in [6.45, 7) is 3.49. The summed E-state index contributed by atoms with van der Waals surface area (Å²) in [7, 11) is 0.